The third-order valence-electron chi connectivity index (χ3n) is 6.40. The second-order valence-corrected chi connectivity index (χ2v) is 10.4. The van der Waals surface area contributed by atoms with Crippen molar-refractivity contribution in [2.75, 3.05) is 17.4 Å². The number of nitrogens with zero attached hydrogens (tertiary/aromatic N) is 5. The molecule has 0 unspecified atom stereocenters. The highest BCUT2D eigenvalue weighted by atomic mass is 32.2. The molecule has 2 heterocycles. The maximum atomic E-state index is 12.7. The van der Waals surface area contributed by atoms with Crippen molar-refractivity contribution in [1.29, 1.82) is 0 Å². The van der Waals surface area contributed by atoms with E-state index >= 15 is 0 Å². The molecule has 4 aromatic rings. The second kappa shape index (κ2) is 13.6. The number of carbonyl (C=O) groups excluding carboxylic acids is 2. The first-order chi connectivity index (χ1) is 21.2. The number of halogens is 3. The van der Waals surface area contributed by atoms with Gasteiger partial charge in [-0.2, -0.15) is 4.99 Å². The lowest BCUT2D eigenvalue weighted by Crippen LogP contribution is -2.32. The third-order valence-corrected chi connectivity index (χ3v) is 7.32. The van der Waals surface area contributed by atoms with Crippen molar-refractivity contribution in [3.63, 3.8) is 0 Å². The monoisotopic (exact) mass is 624 g/mol. The number of nitrogens with one attached hydrogen (secondary N) is 1. The molecule has 3 aromatic carbocycles. The maximum Gasteiger partial charge on any atom is 0.573 e. The van der Waals surface area contributed by atoms with Gasteiger partial charge in [-0.25, -0.2) is 14.5 Å². The van der Waals surface area contributed by atoms with Gasteiger partial charge in [-0.3, -0.25) is 9.69 Å². The SMILES string of the molecule is CCCCc1ccccc1N1C(=O)CSC1=NC(=O)NCOc1ccc(-c2ncn(-c3ccc(OC(F)(F)F)cc3)n2)cc1. The van der Waals surface area contributed by atoms with E-state index in [9.17, 15) is 22.8 Å². The molecule has 1 aliphatic rings. The molecule has 0 aliphatic carbocycles. The third kappa shape index (κ3) is 7.75. The van der Waals surface area contributed by atoms with E-state index < -0.39 is 12.4 Å². The number of benzene rings is 3. The van der Waals surface area contributed by atoms with E-state index in [0.29, 0.717) is 28.0 Å². The summed E-state index contributed by atoms with van der Waals surface area (Å²) in [5, 5.41) is 7.27. The van der Waals surface area contributed by atoms with Crippen LogP contribution in [0.4, 0.5) is 23.7 Å². The van der Waals surface area contributed by atoms with Gasteiger partial charge in [0, 0.05) is 5.56 Å². The number of para-hydroxylation sites is 1. The minimum absolute atomic E-state index is 0.130. The molecule has 10 nitrogen and oxygen atoms in total. The van der Waals surface area contributed by atoms with Crippen LogP contribution in [-0.4, -0.2) is 50.7 Å². The van der Waals surface area contributed by atoms with Crippen LogP contribution in [0.1, 0.15) is 25.3 Å². The second-order valence-electron chi connectivity index (χ2n) is 9.49. The fourth-order valence-corrected chi connectivity index (χ4v) is 5.18. The van der Waals surface area contributed by atoms with Gasteiger partial charge >= 0.3 is 12.4 Å². The molecule has 1 aliphatic heterocycles. The molecule has 1 saturated heterocycles. The van der Waals surface area contributed by atoms with Crippen LogP contribution >= 0.6 is 11.8 Å². The summed E-state index contributed by atoms with van der Waals surface area (Å²) >= 11 is 1.21. The standard InChI is InChI=1S/C30H27F3N6O4S/c1-2-3-6-20-7-4-5-8-25(20)39-26(40)17-44-29(39)36-28(41)35-19-42-23-13-9-21(10-14-23)27-34-18-38(37-27)22-11-15-24(16-12-22)43-30(31,32)33/h4-5,7-16,18H,2-3,6,17,19H2,1H3,(H,35,41). The first-order valence-corrected chi connectivity index (χ1v) is 14.6. The van der Waals surface area contributed by atoms with Gasteiger partial charge in [-0.1, -0.05) is 43.3 Å². The minimum atomic E-state index is -4.77. The van der Waals surface area contributed by atoms with Crippen molar-refractivity contribution < 1.29 is 32.2 Å². The number of unbranched alkanes of at least 4 members (excludes halogenated alkanes) is 1. The Hall–Kier alpha value is -4.85. The fraction of sp³-hybridized carbons (Fsp3) is 0.233. The van der Waals surface area contributed by atoms with E-state index in [0.717, 1.165) is 30.5 Å². The van der Waals surface area contributed by atoms with Crippen molar-refractivity contribution in [2.45, 2.75) is 32.5 Å². The molecule has 44 heavy (non-hydrogen) atoms. The molecular weight excluding hydrogens is 597 g/mol. The van der Waals surface area contributed by atoms with Crippen LogP contribution in [0.5, 0.6) is 11.5 Å². The van der Waals surface area contributed by atoms with Crippen LogP contribution in [-0.2, 0) is 11.2 Å². The average Bonchev–Trinajstić information content (AvgIpc) is 3.63. The molecule has 14 heteroatoms. The summed E-state index contributed by atoms with van der Waals surface area (Å²) < 4.78 is 48.1. The Morgan fingerprint density at radius 3 is 2.50 bits per heavy atom. The quantitative estimate of drug-likeness (QED) is 0.205. The Balaban J connectivity index is 1.16. The number of anilines is 1. The smallest absolute Gasteiger partial charge is 0.473 e. The van der Waals surface area contributed by atoms with Crippen molar-refractivity contribution in [3.05, 3.63) is 84.7 Å². The molecule has 1 aromatic heterocycles. The van der Waals surface area contributed by atoms with Crippen LogP contribution < -0.4 is 19.7 Å². The highest BCUT2D eigenvalue weighted by Crippen LogP contribution is 2.31. The van der Waals surface area contributed by atoms with E-state index in [1.807, 2.05) is 24.3 Å². The Morgan fingerprint density at radius 1 is 1.05 bits per heavy atom. The molecule has 0 saturated carbocycles. The van der Waals surface area contributed by atoms with Crippen LogP contribution in [0.2, 0.25) is 0 Å². The predicted octanol–water partition coefficient (Wildman–Crippen LogP) is 6.36. The number of amidine groups is 1. The van der Waals surface area contributed by atoms with Gasteiger partial charge in [0.05, 0.1) is 17.1 Å². The normalized spacial score (nSPS) is 14.2. The molecule has 3 amide bonds. The number of aromatic nitrogens is 3. The Labute approximate surface area is 254 Å². The van der Waals surface area contributed by atoms with Crippen LogP contribution in [0.3, 0.4) is 0 Å². The number of aryl methyl sites for hydroxylation is 1. The molecular formula is C30H27F3N6O4S. The number of hydrogen-bond acceptors (Lipinski definition) is 7. The first-order valence-electron chi connectivity index (χ1n) is 13.6. The van der Waals surface area contributed by atoms with Crippen LogP contribution in [0, 0.1) is 0 Å². The van der Waals surface area contributed by atoms with Gasteiger partial charge in [-0.05, 0) is 73.0 Å². The summed E-state index contributed by atoms with van der Waals surface area (Å²) in [5.41, 5.74) is 2.94. The molecule has 0 spiro atoms. The Bertz CT molecular complexity index is 1640. The lowest BCUT2D eigenvalue weighted by atomic mass is 10.1. The first kappa shape index (κ1) is 30.6. The largest absolute Gasteiger partial charge is 0.573 e. The number of thioether (sulfide) groups is 1. The van der Waals surface area contributed by atoms with Crippen LogP contribution in [0.25, 0.3) is 17.1 Å². The molecule has 0 bridgehead atoms. The van der Waals surface area contributed by atoms with E-state index in [1.165, 1.54) is 51.9 Å². The van der Waals surface area contributed by atoms with Crippen molar-refractivity contribution in [2.24, 2.45) is 4.99 Å². The lowest BCUT2D eigenvalue weighted by Gasteiger charge is -2.19. The molecule has 0 radical (unpaired) electrons. The summed E-state index contributed by atoms with van der Waals surface area (Å²) in [4.78, 5) is 35.1. The molecule has 228 valence electrons. The zero-order chi connectivity index (χ0) is 31.1. The van der Waals surface area contributed by atoms with Crippen LogP contribution in [0.15, 0.2) is 84.1 Å². The van der Waals surface area contributed by atoms with Gasteiger partial charge < -0.3 is 14.8 Å². The van der Waals surface area contributed by atoms with Crippen molar-refractivity contribution in [3.8, 4) is 28.6 Å². The van der Waals surface area contributed by atoms with Gasteiger partial charge in [0.15, 0.2) is 17.7 Å². The number of rotatable bonds is 10. The van der Waals surface area contributed by atoms with Gasteiger partial charge in [0.2, 0.25) is 5.91 Å². The number of aliphatic imine (C=N–C) groups is 1. The van der Waals surface area contributed by atoms with Gasteiger partial charge in [0.25, 0.3) is 0 Å². The summed E-state index contributed by atoms with van der Waals surface area (Å²) in [6.07, 6.45) is -0.495. The van der Waals surface area contributed by atoms with E-state index in [-0.39, 0.29) is 24.1 Å². The van der Waals surface area contributed by atoms with Crippen molar-refractivity contribution in [1.82, 2.24) is 20.1 Å². The van der Waals surface area contributed by atoms with E-state index in [1.54, 1.807) is 24.3 Å². The minimum Gasteiger partial charge on any atom is -0.473 e. The predicted molar refractivity (Wildman–Crippen MR) is 160 cm³/mol. The number of hydrogen-bond donors (Lipinski definition) is 1. The lowest BCUT2D eigenvalue weighted by molar-refractivity contribution is -0.274. The summed E-state index contributed by atoms with van der Waals surface area (Å²) in [6, 6.07) is 19.1. The topological polar surface area (TPSA) is 111 Å². The Morgan fingerprint density at radius 2 is 1.77 bits per heavy atom. The van der Waals surface area contributed by atoms with Gasteiger partial charge in [0.1, 0.15) is 17.8 Å². The average molecular weight is 625 g/mol. The molecule has 5 rings (SSSR count). The number of carbonyl (C=O) groups is 2. The number of amides is 3. The maximum absolute atomic E-state index is 12.7. The van der Waals surface area contributed by atoms with E-state index in [4.69, 9.17) is 4.74 Å². The zero-order valence-electron chi connectivity index (χ0n) is 23.5. The van der Waals surface area contributed by atoms with Crippen molar-refractivity contribution >= 4 is 34.6 Å². The molecule has 0 atom stereocenters. The van der Waals surface area contributed by atoms with Gasteiger partial charge in [-0.15, -0.1) is 18.3 Å². The highest BCUT2D eigenvalue weighted by Gasteiger charge is 2.32. The van der Waals surface area contributed by atoms with E-state index in [2.05, 4.69) is 32.1 Å². The summed E-state index contributed by atoms with van der Waals surface area (Å²) in [6.45, 7) is 1.95. The number of urea groups is 1. The highest BCUT2D eigenvalue weighted by molar-refractivity contribution is 8.15. The molecule has 1 N–H and O–H groups in total. The summed E-state index contributed by atoms with van der Waals surface area (Å²) in [7, 11) is 0. The number of alkyl halides is 3. The molecule has 1 fully saturated rings. The number of ether oxygens (including phenoxy) is 2. The summed E-state index contributed by atoms with van der Waals surface area (Å²) in [5.74, 6) is 0.598. The Kier molecular flexibility index (Phi) is 9.48. The fourth-order valence-electron chi connectivity index (χ4n) is 4.32. The zero-order valence-corrected chi connectivity index (χ0v) is 24.3.